The Hall–Kier alpha value is -1.13. The minimum Gasteiger partial charge on any atom is -0.363 e. The largest absolute Gasteiger partial charge is 0.363 e. The van der Waals surface area contributed by atoms with Gasteiger partial charge in [0.05, 0.1) is 6.54 Å². The van der Waals surface area contributed by atoms with E-state index < -0.39 is 0 Å². The van der Waals surface area contributed by atoms with Crippen LogP contribution in [-0.2, 0) is 13.0 Å². The Bertz CT molecular complexity index is 555. The second kappa shape index (κ2) is 4.86. The first-order valence-corrected chi connectivity index (χ1v) is 7.22. The van der Waals surface area contributed by atoms with Crippen molar-refractivity contribution in [3.05, 3.63) is 39.9 Å². The number of rotatable bonds is 2. The summed E-state index contributed by atoms with van der Waals surface area (Å²) in [7, 11) is 0. The van der Waals surface area contributed by atoms with E-state index in [-0.39, 0.29) is 0 Å². The topological polar surface area (TPSA) is 29.0 Å². The van der Waals surface area contributed by atoms with Crippen molar-refractivity contribution in [3.63, 3.8) is 0 Å². The number of nitrogens with zero attached hydrogens (tertiary/aromatic N) is 3. The number of halogens is 1. The highest BCUT2D eigenvalue weighted by Crippen LogP contribution is 2.32. The number of aryl methyl sites for hydroxylation is 1. The molecule has 0 aliphatic carbocycles. The summed E-state index contributed by atoms with van der Waals surface area (Å²) in [6, 6.07) is 9.08. The smallest absolute Gasteiger partial charge is 0.139 e. The molecule has 2 aromatic rings. The van der Waals surface area contributed by atoms with E-state index in [2.05, 4.69) is 45.7 Å². The maximum Gasteiger partial charge on any atom is 0.139 e. The van der Waals surface area contributed by atoms with Gasteiger partial charge in [0.25, 0.3) is 0 Å². The third-order valence-corrected chi connectivity index (χ3v) is 4.48. The van der Waals surface area contributed by atoms with Crippen LogP contribution in [0.2, 0.25) is 4.34 Å². The third kappa shape index (κ3) is 2.10. The van der Waals surface area contributed by atoms with Crippen LogP contribution < -0.4 is 4.90 Å². The highest BCUT2D eigenvalue weighted by molar-refractivity contribution is 7.10. The van der Waals surface area contributed by atoms with Crippen molar-refractivity contribution in [3.8, 4) is 0 Å². The lowest BCUT2D eigenvalue weighted by atomic mass is 9.96. The molecule has 1 aromatic heterocycles. The summed E-state index contributed by atoms with van der Waals surface area (Å²) in [5.41, 5.74) is 3.60. The first-order chi connectivity index (χ1) is 8.75. The zero-order valence-corrected chi connectivity index (χ0v) is 11.7. The highest BCUT2D eigenvalue weighted by atomic mass is 35.5. The maximum absolute atomic E-state index is 6.10. The van der Waals surface area contributed by atoms with Gasteiger partial charge in [-0.3, -0.25) is 0 Å². The van der Waals surface area contributed by atoms with Crippen molar-refractivity contribution in [1.82, 2.24) is 9.59 Å². The molecule has 2 heterocycles. The summed E-state index contributed by atoms with van der Waals surface area (Å²) in [4.78, 5) is 2.38. The van der Waals surface area contributed by atoms with E-state index >= 15 is 0 Å². The van der Waals surface area contributed by atoms with E-state index in [1.165, 1.54) is 29.2 Å². The van der Waals surface area contributed by atoms with Gasteiger partial charge in [0.2, 0.25) is 0 Å². The highest BCUT2D eigenvalue weighted by Gasteiger charge is 2.24. The second-order valence-corrected chi connectivity index (χ2v) is 5.99. The van der Waals surface area contributed by atoms with E-state index in [0.29, 0.717) is 10.4 Å². The fourth-order valence-corrected chi connectivity index (χ4v) is 3.07. The lowest BCUT2D eigenvalue weighted by Crippen LogP contribution is -2.36. The summed E-state index contributed by atoms with van der Waals surface area (Å²) in [6.45, 7) is 3.00. The molecule has 0 bridgehead atoms. The molecular formula is C13H14ClN3S. The zero-order valence-electron chi connectivity index (χ0n) is 10.1. The Labute approximate surface area is 116 Å². The van der Waals surface area contributed by atoms with Gasteiger partial charge >= 0.3 is 0 Å². The minimum absolute atomic E-state index is 0.512. The van der Waals surface area contributed by atoms with Crippen molar-refractivity contribution in [2.45, 2.75) is 32.4 Å². The molecule has 0 spiro atoms. The first-order valence-electron chi connectivity index (χ1n) is 6.07. The summed E-state index contributed by atoms with van der Waals surface area (Å²) >= 11 is 7.35. The van der Waals surface area contributed by atoms with Crippen LogP contribution in [0.3, 0.4) is 0 Å². The average Bonchev–Trinajstić information content (AvgIpc) is 2.79. The molecule has 94 valence electrons. The van der Waals surface area contributed by atoms with E-state index in [0.717, 1.165) is 18.7 Å². The number of hydrogen-bond acceptors (Lipinski definition) is 4. The summed E-state index contributed by atoms with van der Waals surface area (Å²) < 4.78 is 4.60. The molecule has 1 aliphatic rings. The molecule has 0 saturated heterocycles. The Balaban J connectivity index is 1.93. The quantitative estimate of drug-likeness (QED) is 0.842. The van der Waals surface area contributed by atoms with Crippen LogP contribution in [-0.4, -0.2) is 15.6 Å². The molecule has 1 aliphatic heterocycles. The lowest BCUT2D eigenvalue weighted by molar-refractivity contribution is 0.556. The normalized spacial score (nSPS) is 18.8. The minimum atomic E-state index is 0.512. The van der Waals surface area contributed by atoms with Gasteiger partial charge in [-0.1, -0.05) is 34.3 Å². The lowest BCUT2D eigenvalue weighted by Gasteiger charge is -2.36. The molecule has 18 heavy (non-hydrogen) atoms. The van der Waals surface area contributed by atoms with E-state index in [1.807, 2.05) is 0 Å². The van der Waals surface area contributed by atoms with Gasteiger partial charge in [0.1, 0.15) is 10.0 Å². The van der Waals surface area contributed by atoms with Crippen LogP contribution in [0.4, 0.5) is 5.69 Å². The number of benzene rings is 1. The summed E-state index contributed by atoms with van der Waals surface area (Å²) in [5.74, 6) is 0. The molecule has 0 radical (unpaired) electrons. The van der Waals surface area contributed by atoms with Gasteiger partial charge < -0.3 is 4.90 Å². The maximum atomic E-state index is 6.10. The first kappa shape index (κ1) is 11.9. The molecule has 3 nitrogen and oxygen atoms in total. The number of fused-ring (bicyclic) bond motifs is 1. The SMILES string of the molecule is C[C@H]1CCc2ccccc2N1Cc1nnsc1Cl. The van der Waals surface area contributed by atoms with Crippen LogP contribution in [0.25, 0.3) is 0 Å². The van der Waals surface area contributed by atoms with Crippen LogP contribution in [0.15, 0.2) is 24.3 Å². The van der Waals surface area contributed by atoms with Gasteiger partial charge in [-0.2, -0.15) is 0 Å². The fourth-order valence-electron chi connectivity index (χ4n) is 2.45. The average molecular weight is 280 g/mol. The van der Waals surface area contributed by atoms with Gasteiger partial charge in [0.15, 0.2) is 0 Å². The summed E-state index contributed by atoms with van der Waals surface area (Å²) in [5, 5.41) is 4.11. The van der Waals surface area contributed by atoms with E-state index in [1.54, 1.807) is 0 Å². The Morgan fingerprint density at radius 3 is 3.06 bits per heavy atom. The zero-order chi connectivity index (χ0) is 12.5. The van der Waals surface area contributed by atoms with Crippen molar-refractivity contribution in [2.24, 2.45) is 0 Å². The van der Waals surface area contributed by atoms with Crippen LogP contribution >= 0.6 is 23.1 Å². The van der Waals surface area contributed by atoms with Gasteiger partial charge in [-0.15, -0.1) is 5.10 Å². The molecule has 0 N–H and O–H groups in total. The van der Waals surface area contributed by atoms with Gasteiger partial charge in [-0.05, 0) is 31.4 Å². The Kier molecular flexibility index (Phi) is 3.22. The van der Waals surface area contributed by atoms with Crippen molar-refractivity contribution < 1.29 is 0 Å². The molecule has 0 saturated carbocycles. The third-order valence-electron chi connectivity index (χ3n) is 3.49. The molecule has 0 unspecified atom stereocenters. The molecule has 1 atom stereocenters. The van der Waals surface area contributed by atoms with Crippen LogP contribution in [0.5, 0.6) is 0 Å². The van der Waals surface area contributed by atoms with Gasteiger partial charge in [0, 0.05) is 23.3 Å². The second-order valence-electron chi connectivity index (χ2n) is 4.64. The van der Waals surface area contributed by atoms with Crippen LogP contribution in [0.1, 0.15) is 24.6 Å². The van der Waals surface area contributed by atoms with Gasteiger partial charge in [-0.25, -0.2) is 0 Å². The monoisotopic (exact) mass is 279 g/mol. The van der Waals surface area contributed by atoms with E-state index in [9.17, 15) is 0 Å². The molecule has 3 rings (SSSR count). The Morgan fingerprint density at radius 1 is 1.44 bits per heavy atom. The predicted molar refractivity (Wildman–Crippen MR) is 75.3 cm³/mol. The molecule has 5 heteroatoms. The van der Waals surface area contributed by atoms with Crippen molar-refractivity contribution in [2.75, 3.05) is 4.90 Å². The molecular weight excluding hydrogens is 266 g/mol. The Morgan fingerprint density at radius 2 is 2.28 bits per heavy atom. The standard InChI is InChI=1S/C13H14ClN3S/c1-9-6-7-10-4-2-3-5-12(10)17(9)8-11-13(14)18-16-15-11/h2-5,9H,6-8H2,1H3/t9-/m0/s1. The van der Waals surface area contributed by atoms with E-state index in [4.69, 9.17) is 11.6 Å². The predicted octanol–water partition coefficient (Wildman–Crippen LogP) is 3.53. The van der Waals surface area contributed by atoms with Crippen molar-refractivity contribution in [1.29, 1.82) is 0 Å². The number of hydrogen-bond donors (Lipinski definition) is 0. The molecule has 0 fully saturated rings. The van der Waals surface area contributed by atoms with Crippen LogP contribution in [0, 0.1) is 0 Å². The summed E-state index contributed by atoms with van der Waals surface area (Å²) in [6.07, 6.45) is 2.32. The number of para-hydroxylation sites is 1. The van der Waals surface area contributed by atoms with Crippen molar-refractivity contribution >= 4 is 28.8 Å². The fraction of sp³-hybridized carbons (Fsp3) is 0.385. The molecule has 0 amide bonds. The number of aromatic nitrogens is 2. The number of anilines is 1. The molecule has 1 aromatic carbocycles.